The number of benzene rings is 1. The summed E-state index contributed by atoms with van der Waals surface area (Å²) < 4.78 is 1.06. The zero-order valence-corrected chi connectivity index (χ0v) is 12.6. The fourth-order valence-corrected chi connectivity index (χ4v) is 2.72. The Hall–Kier alpha value is -1.07. The second-order valence-electron chi connectivity index (χ2n) is 5.02. The van der Waals surface area contributed by atoms with Gasteiger partial charge in [0.15, 0.2) is 0 Å². The summed E-state index contributed by atoms with van der Waals surface area (Å²) in [5.74, 6) is -0.727. The Labute approximate surface area is 121 Å². The molecule has 104 valence electrons. The molecule has 4 nitrogen and oxygen atoms in total. The van der Waals surface area contributed by atoms with E-state index in [0.717, 1.165) is 23.2 Å². The van der Waals surface area contributed by atoms with Crippen LogP contribution in [0.25, 0.3) is 0 Å². The molecule has 19 heavy (non-hydrogen) atoms. The van der Waals surface area contributed by atoms with Crippen molar-refractivity contribution in [3.63, 3.8) is 0 Å². The molecule has 2 unspecified atom stereocenters. The molecule has 0 saturated carbocycles. The lowest BCUT2D eigenvalue weighted by molar-refractivity contribution is -0.137. The van der Waals surface area contributed by atoms with E-state index in [1.54, 1.807) is 0 Å². The lowest BCUT2D eigenvalue weighted by Crippen LogP contribution is -2.55. The van der Waals surface area contributed by atoms with Crippen molar-refractivity contribution in [1.82, 2.24) is 5.32 Å². The van der Waals surface area contributed by atoms with Crippen LogP contribution in [0.2, 0.25) is 0 Å². The van der Waals surface area contributed by atoms with Crippen LogP contribution in [0.1, 0.15) is 19.8 Å². The monoisotopic (exact) mass is 326 g/mol. The number of nitrogens with one attached hydrogen (secondary N) is 1. The number of piperazine rings is 1. The average molecular weight is 327 g/mol. The fourth-order valence-electron chi connectivity index (χ4n) is 2.45. The molecule has 1 saturated heterocycles. The van der Waals surface area contributed by atoms with Crippen LogP contribution in [-0.2, 0) is 4.79 Å². The summed E-state index contributed by atoms with van der Waals surface area (Å²) in [5.41, 5.74) is 1.16. The van der Waals surface area contributed by atoms with Crippen molar-refractivity contribution in [2.45, 2.75) is 31.8 Å². The number of carboxylic acids is 1. The number of halogens is 1. The first-order valence-corrected chi connectivity index (χ1v) is 7.33. The van der Waals surface area contributed by atoms with Crippen LogP contribution in [0.3, 0.4) is 0 Å². The molecular formula is C14H19BrN2O2. The van der Waals surface area contributed by atoms with Gasteiger partial charge in [0.25, 0.3) is 0 Å². The lowest BCUT2D eigenvalue weighted by atomic mass is 10.0. The van der Waals surface area contributed by atoms with E-state index in [2.05, 4.69) is 45.2 Å². The van der Waals surface area contributed by atoms with Gasteiger partial charge in [0, 0.05) is 41.8 Å². The third-order valence-corrected chi connectivity index (χ3v) is 3.99. The number of rotatable bonds is 4. The number of hydrogen-bond donors (Lipinski definition) is 2. The normalized spacial score (nSPS) is 23.4. The number of carboxylic acid groups (broad SMARTS) is 1. The molecule has 1 aromatic rings. The van der Waals surface area contributed by atoms with Crippen molar-refractivity contribution in [1.29, 1.82) is 0 Å². The summed E-state index contributed by atoms with van der Waals surface area (Å²) in [7, 11) is 0. The molecule has 2 N–H and O–H groups in total. The summed E-state index contributed by atoms with van der Waals surface area (Å²) >= 11 is 3.44. The SMILES string of the molecule is CC1CN(c2ccc(Br)cc2)C(CCC(=O)O)CN1. The summed E-state index contributed by atoms with van der Waals surface area (Å²) in [6.07, 6.45) is 0.888. The molecule has 0 spiro atoms. The van der Waals surface area contributed by atoms with Gasteiger partial charge in [-0.3, -0.25) is 4.79 Å². The van der Waals surface area contributed by atoms with Crippen LogP contribution >= 0.6 is 15.9 Å². The molecule has 0 aromatic heterocycles. The predicted molar refractivity (Wildman–Crippen MR) is 79.6 cm³/mol. The molecule has 1 aliphatic rings. The highest BCUT2D eigenvalue weighted by atomic mass is 79.9. The summed E-state index contributed by atoms with van der Waals surface area (Å²) in [5, 5.41) is 12.3. The largest absolute Gasteiger partial charge is 0.481 e. The van der Waals surface area contributed by atoms with Crippen LogP contribution in [0.5, 0.6) is 0 Å². The third kappa shape index (κ3) is 3.94. The number of carbonyl (C=O) groups is 1. The average Bonchev–Trinajstić information content (AvgIpc) is 2.38. The molecule has 2 atom stereocenters. The molecule has 2 rings (SSSR count). The van der Waals surface area contributed by atoms with E-state index in [9.17, 15) is 4.79 Å². The first-order valence-electron chi connectivity index (χ1n) is 6.53. The van der Waals surface area contributed by atoms with E-state index in [4.69, 9.17) is 5.11 Å². The van der Waals surface area contributed by atoms with Gasteiger partial charge in [-0.25, -0.2) is 0 Å². The Morgan fingerprint density at radius 1 is 1.47 bits per heavy atom. The predicted octanol–water partition coefficient (Wildman–Crippen LogP) is 2.48. The zero-order chi connectivity index (χ0) is 13.8. The third-order valence-electron chi connectivity index (χ3n) is 3.46. The minimum Gasteiger partial charge on any atom is -0.481 e. The first kappa shape index (κ1) is 14.3. The van der Waals surface area contributed by atoms with Gasteiger partial charge in [-0.1, -0.05) is 15.9 Å². The minimum absolute atomic E-state index is 0.216. The second kappa shape index (κ2) is 6.39. The zero-order valence-electron chi connectivity index (χ0n) is 11.0. The van der Waals surface area contributed by atoms with Crippen molar-refractivity contribution in [3.8, 4) is 0 Å². The number of hydrogen-bond acceptors (Lipinski definition) is 3. The summed E-state index contributed by atoms with van der Waals surface area (Å²) in [4.78, 5) is 13.1. The highest BCUT2D eigenvalue weighted by molar-refractivity contribution is 9.10. The Balaban J connectivity index is 2.11. The highest BCUT2D eigenvalue weighted by Gasteiger charge is 2.26. The maximum absolute atomic E-state index is 10.7. The standard InChI is InChI=1S/C14H19BrN2O2/c1-10-9-17(12-4-2-11(15)3-5-12)13(8-16-10)6-7-14(18)19/h2-5,10,13,16H,6-9H2,1H3,(H,18,19). The first-order chi connectivity index (χ1) is 9.06. The quantitative estimate of drug-likeness (QED) is 0.892. The lowest BCUT2D eigenvalue weighted by Gasteiger charge is -2.41. The van der Waals surface area contributed by atoms with Crippen LogP contribution in [-0.4, -0.2) is 36.2 Å². The molecule has 0 amide bonds. The highest BCUT2D eigenvalue weighted by Crippen LogP contribution is 2.24. The van der Waals surface area contributed by atoms with Crippen molar-refractivity contribution < 1.29 is 9.90 Å². The van der Waals surface area contributed by atoms with E-state index >= 15 is 0 Å². The van der Waals surface area contributed by atoms with E-state index in [-0.39, 0.29) is 12.5 Å². The van der Waals surface area contributed by atoms with Gasteiger partial charge in [0.1, 0.15) is 0 Å². The van der Waals surface area contributed by atoms with E-state index in [0.29, 0.717) is 12.5 Å². The summed E-state index contributed by atoms with van der Waals surface area (Å²) in [6.45, 7) is 3.90. The van der Waals surface area contributed by atoms with Crippen molar-refractivity contribution in [3.05, 3.63) is 28.7 Å². The number of anilines is 1. The Morgan fingerprint density at radius 3 is 2.79 bits per heavy atom. The molecule has 0 radical (unpaired) electrons. The van der Waals surface area contributed by atoms with Gasteiger partial charge in [-0.2, -0.15) is 0 Å². The van der Waals surface area contributed by atoms with Crippen molar-refractivity contribution in [2.24, 2.45) is 0 Å². The Bertz CT molecular complexity index is 436. The summed E-state index contributed by atoms with van der Waals surface area (Å²) in [6, 6.07) is 8.87. The fraction of sp³-hybridized carbons (Fsp3) is 0.500. The van der Waals surface area contributed by atoms with Gasteiger partial charge in [0.2, 0.25) is 0 Å². The maximum Gasteiger partial charge on any atom is 0.303 e. The van der Waals surface area contributed by atoms with Crippen LogP contribution in [0.4, 0.5) is 5.69 Å². The van der Waals surface area contributed by atoms with E-state index in [1.165, 1.54) is 0 Å². The van der Waals surface area contributed by atoms with Gasteiger partial charge < -0.3 is 15.3 Å². The molecular weight excluding hydrogens is 308 g/mol. The van der Waals surface area contributed by atoms with Crippen molar-refractivity contribution in [2.75, 3.05) is 18.0 Å². The van der Waals surface area contributed by atoms with E-state index in [1.807, 2.05) is 12.1 Å². The van der Waals surface area contributed by atoms with Crippen LogP contribution < -0.4 is 10.2 Å². The van der Waals surface area contributed by atoms with Gasteiger partial charge in [-0.15, -0.1) is 0 Å². The molecule has 1 aromatic carbocycles. The minimum atomic E-state index is -0.727. The van der Waals surface area contributed by atoms with E-state index < -0.39 is 5.97 Å². The molecule has 5 heteroatoms. The topological polar surface area (TPSA) is 52.6 Å². The number of aliphatic carboxylic acids is 1. The van der Waals surface area contributed by atoms with Gasteiger partial charge >= 0.3 is 5.97 Å². The Morgan fingerprint density at radius 2 is 2.16 bits per heavy atom. The van der Waals surface area contributed by atoms with Crippen LogP contribution in [0, 0.1) is 0 Å². The second-order valence-corrected chi connectivity index (χ2v) is 5.94. The maximum atomic E-state index is 10.7. The van der Waals surface area contributed by atoms with Crippen LogP contribution in [0.15, 0.2) is 28.7 Å². The number of nitrogens with zero attached hydrogens (tertiary/aromatic N) is 1. The molecule has 0 aliphatic carbocycles. The molecule has 1 fully saturated rings. The molecule has 0 bridgehead atoms. The smallest absolute Gasteiger partial charge is 0.303 e. The van der Waals surface area contributed by atoms with Gasteiger partial charge in [0.05, 0.1) is 0 Å². The Kier molecular flexibility index (Phi) is 4.82. The van der Waals surface area contributed by atoms with Gasteiger partial charge in [-0.05, 0) is 37.6 Å². The molecule has 1 aliphatic heterocycles. The molecule has 1 heterocycles. The van der Waals surface area contributed by atoms with Crippen molar-refractivity contribution >= 4 is 27.6 Å².